The van der Waals surface area contributed by atoms with Gasteiger partial charge in [0.2, 0.25) is 0 Å². The van der Waals surface area contributed by atoms with Crippen molar-refractivity contribution in [3.63, 3.8) is 0 Å². The van der Waals surface area contributed by atoms with Crippen LogP contribution in [0.3, 0.4) is 0 Å². The van der Waals surface area contributed by atoms with Gasteiger partial charge in [-0.15, -0.1) is 0 Å². The van der Waals surface area contributed by atoms with Crippen molar-refractivity contribution in [2.24, 2.45) is 0 Å². The van der Waals surface area contributed by atoms with Gasteiger partial charge in [-0.3, -0.25) is 4.90 Å². The van der Waals surface area contributed by atoms with Crippen molar-refractivity contribution in [3.8, 4) is 11.8 Å². The van der Waals surface area contributed by atoms with Gasteiger partial charge in [-0.2, -0.15) is 0 Å². The van der Waals surface area contributed by atoms with Crippen LogP contribution in [0.5, 0.6) is 0 Å². The quantitative estimate of drug-likeness (QED) is 0.783. The van der Waals surface area contributed by atoms with E-state index in [-0.39, 0.29) is 0 Å². The van der Waals surface area contributed by atoms with Crippen molar-refractivity contribution in [1.82, 2.24) is 0 Å². The van der Waals surface area contributed by atoms with Crippen LogP contribution in [0.1, 0.15) is 5.56 Å². The highest BCUT2D eigenvalue weighted by atomic mass is 15.3. The Morgan fingerprint density at radius 2 is 1.76 bits per heavy atom. The van der Waals surface area contributed by atoms with Crippen LogP contribution in [0, 0.1) is 11.8 Å². The molecule has 2 N–H and O–H groups in total. The summed E-state index contributed by atoms with van der Waals surface area (Å²) in [7, 11) is 0. The summed E-state index contributed by atoms with van der Waals surface area (Å²) in [6, 6.07) is 16.5. The van der Waals surface area contributed by atoms with Crippen molar-refractivity contribution < 1.29 is 9.88 Å². The molecule has 1 aromatic carbocycles. The second-order valence-corrected chi connectivity index (χ2v) is 5.33. The zero-order chi connectivity index (χ0) is 14.3. The van der Waals surface area contributed by atoms with E-state index in [1.807, 2.05) is 30.5 Å². The fourth-order valence-corrected chi connectivity index (χ4v) is 2.61. The number of benzene rings is 1. The summed E-state index contributed by atoms with van der Waals surface area (Å²) in [6.45, 7) is 5.39. The van der Waals surface area contributed by atoms with Crippen LogP contribution in [0.25, 0.3) is 0 Å². The molecular weight excluding hydrogens is 258 g/mol. The molecule has 0 bridgehead atoms. The number of hydrogen-bond donors (Lipinski definition) is 1. The van der Waals surface area contributed by atoms with E-state index < -0.39 is 0 Å². The second kappa shape index (κ2) is 6.92. The first kappa shape index (κ1) is 13.7. The number of piperazine rings is 1. The van der Waals surface area contributed by atoms with Crippen LogP contribution >= 0.6 is 0 Å². The van der Waals surface area contributed by atoms with Crippen molar-refractivity contribution in [2.75, 3.05) is 37.6 Å². The van der Waals surface area contributed by atoms with Crippen LogP contribution < -0.4 is 14.8 Å². The van der Waals surface area contributed by atoms with Crippen molar-refractivity contribution >= 4 is 5.82 Å². The molecule has 2 heterocycles. The van der Waals surface area contributed by atoms with Crippen molar-refractivity contribution in [1.29, 1.82) is 0 Å². The van der Waals surface area contributed by atoms with Gasteiger partial charge in [0, 0.05) is 11.6 Å². The number of aromatic nitrogens is 1. The van der Waals surface area contributed by atoms with E-state index >= 15 is 0 Å². The lowest BCUT2D eigenvalue weighted by atomic mass is 10.2. The Morgan fingerprint density at radius 3 is 2.48 bits per heavy atom. The van der Waals surface area contributed by atoms with Gasteiger partial charge in [-0.1, -0.05) is 30.2 Å². The highest BCUT2D eigenvalue weighted by Crippen LogP contribution is 2.04. The SMILES string of the molecule is C(#Cc1ccccc1)C[NH+]1CCN(c2cccc[nH+]2)CC1. The molecule has 3 heteroatoms. The zero-order valence-corrected chi connectivity index (χ0v) is 12.2. The molecule has 1 aromatic heterocycles. The molecule has 1 fully saturated rings. The van der Waals surface area contributed by atoms with E-state index in [9.17, 15) is 0 Å². The van der Waals surface area contributed by atoms with Crippen molar-refractivity contribution in [3.05, 3.63) is 60.3 Å². The summed E-state index contributed by atoms with van der Waals surface area (Å²) in [5.41, 5.74) is 1.11. The summed E-state index contributed by atoms with van der Waals surface area (Å²) in [6.07, 6.45) is 1.99. The van der Waals surface area contributed by atoms with Gasteiger partial charge in [-0.25, -0.2) is 4.98 Å². The van der Waals surface area contributed by atoms with Gasteiger partial charge < -0.3 is 4.90 Å². The molecule has 106 valence electrons. The van der Waals surface area contributed by atoms with E-state index in [1.165, 1.54) is 5.82 Å². The van der Waals surface area contributed by atoms with E-state index in [4.69, 9.17) is 0 Å². The average Bonchev–Trinajstić information content (AvgIpc) is 2.57. The normalized spacial score (nSPS) is 15.3. The third kappa shape index (κ3) is 3.84. The zero-order valence-electron chi connectivity index (χ0n) is 12.2. The number of nitrogens with zero attached hydrogens (tertiary/aromatic N) is 1. The minimum absolute atomic E-state index is 0.932. The van der Waals surface area contributed by atoms with Gasteiger partial charge in [-0.05, 0) is 24.1 Å². The van der Waals surface area contributed by atoms with Gasteiger partial charge in [0.15, 0.2) is 0 Å². The number of aromatic amines is 1. The molecule has 0 spiro atoms. The number of anilines is 1. The Labute approximate surface area is 126 Å². The molecule has 3 nitrogen and oxygen atoms in total. The molecule has 0 atom stereocenters. The Bertz CT molecular complexity index is 605. The first-order chi connectivity index (χ1) is 10.4. The molecule has 21 heavy (non-hydrogen) atoms. The highest BCUT2D eigenvalue weighted by Gasteiger charge is 2.24. The molecule has 3 rings (SSSR count). The van der Waals surface area contributed by atoms with Crippen LogP contribution in [0.2, 0.25) is 0 Å². The van der Waals surface area contributed by atoms with E-state index in [2.05, 4.69) is 46.0 Å². The fraction of sp³-hybridized carbons (Fsp3) is 0.278. The lowest BCUT2D eigenvalue weighted by molar-refractivity contribution is -0.893. The summed E-state index contributed by atoms with van der Waals surface area (Å²) >= 11 is 0. The van der Waals surface area contributed by atoms with Gasteiger partial charge >= 0.3 is 0 Å². The van der Waals surface area contributed by atoms with Gasteiger partial charge in [0.1, 0.15) is 32.7 Å². The smallest absolute Gasteiger partial charge is 0.274 e. The lowest BCUT2D eigenvalue weighted by Gasteiger charge is -2.26. The minimum Gasteiger partial charge on any atom is -0.318 e. The lowest BCUT2D eigenvalue weighted by Crippen LogP contribution is -3.14. The molecule has 0 amide bonds. The highest BCUT2D eigenvalue weighted by molar-refractivity contribution is 5.34. The molecule has 1 aliphatic rings. The topological polar surface area (TPSA) is 21.8 Å². The Hall–Kier alpha value is -2.31. The van der Waals surface area contributed by atoms with Gasteiger partial charge in [0.25, 0.3) is 5.82 Å². The van der Waals surface area contributed by atoms with E-state index in [0.29, 0.717) is 0 Å². The number of rotatable bonds is 2. The van der Waals surface area contributed by atoms with Crippen LogP contribution in [0.4, 0.5) is 5.82 Å². The van der Waals surface area contributed by atoms with Crippen LogP contribution in [0.15, 0.2) is 54.7 Å². The summed E-state index contributed by atoms with van der Waals surface area (Å²) in [4.78, 5) is 7.29. The summed E-state index contributed by atoms with van der Waals surface area (Å²) < 4.78 is 0. The molecule has 1 saturated heterocycles. The number of nitrogens with one attached hydrogen (secondary N) is 2. The van der Waals surface area contributed by atoms with Crippen LogP contribution in [-0.4, -0.2) is 32.7 Å². The number of quaternary nitrogens is 1. The fourth-order valence-electron chi connectivity index (χ4n) is 2.61. The molecule has 1 aliphatic heterocycles. The van der Waals surface area contributed by atoms with E-state index in [0.717, 1.165) is 38.3 Å². The first-order valence-corrected chi connectivity index (χ1v) is 7.51. The molecule has 0 unspecified atom stereocenters. The minimum atomic E-state index is 0.932. The maximum absolute atomic E-state index is 3.31. The summed E-state index contributed by atoms with van der Waals surface area (Å²) in [5, 5.41) is 0. The predicted molar refractivity (Wildman–Crippen MR) is 84.1 cm³/mol. The Morgan fingerprint density at radius 1 is 1.00 bits per heavy atom. The molecule has 0 saturated carbocycles. The monoisotopic (exact) mass is 279 g/mol. The Kier molecular flexibility index (Phi) is 4.50. The standard InChI is InChI=1S/C18H19N3/c1-2-7-17(8-3-1)9-6-12-20-13-15-21(16-14-20)18-10-4-5-11-19-18/h1-5,7-8,10-11H,12-16H2/p+2. The van der Waals surface area contributed by atoms with Crippen LogP contribution in [-0.2, 0) is 0 Å². The average molecular weight is 279 g/mol. The first-order valence-electron chi connectivity index (χ1n) is 7.51. The molecule has 0 aliphatic carbocycles. The maximum atomic E-state index is 3.31. The number of H-pyrrole nitrogens is 1. The third-order valence-corrected chi connectivity index (χ3v) is 3.85. The largest absolute Gasteiger partial charge is 0.318 e. The number of pyridine rings is 1. The molecular formula is C18H21N3+2. The Balaban J connectivity index is 1.49. The summed E-state index contributed by atoms with van der Waals surface area (Å²) in [5.74, 6) is 7.77. The maximum Gasteiger partial charge on any atom is 0.274 e. The predicted octanol–water partition coefficient (Wildman–Crippen LogP) is 0.257. The molecule has 2 aromatic rings. The third-order valence-electron chi connectivity index (χ3n) is 3.85. The van der Waals surface area contributed by atoms with Gasteiger partial charge in [0.05, 0.1) is 6.20 Å². The number of hydrogen-bond acceptors (Lipinski definition) is 1. The molecule has 0 radical (unpaired) electrons. The van der Waals surface area contributed by atoms with E-state index in [1.54, 1.807) is 4.90 Å². The second-order valence-electron chi connectivity index (χ2n) is 5.33. The van der Waals surface area contributed by atoms with Crippen molar-refractivity contribution in [2.45, 2.75) is 0 Å².